The predicted octanol–water partition coefficient (Wildman–Crippen LogP) is 3.96. The van der Waals surface area contributed by atoms with Crippen LogP contribution >= 0.6 is 15.9 Å². The van der Waals surface area contributed by atoms with Gasteiger partial charge in [-0.2, -0.15) is 0 Å². The number of pyridine rings is 1. The van der Waals surface area contributed by atoms with E-state index in [0.717, 1.165) is 40.4 Å². The predicted molar refractivity (Wildman–Crippen MR) is 122 cm³/mol. The molecule has 0 saturated carbocycles. The molecule has 0 bridgehead atoms. The second-order valence-corrected chi connectivity index (χ2v) is 8.90. The number of hydrogen-bond donors (Lipinski definition) is 2. The van der Waals surface area contributed by atoms with E-state index in [-0.39, 0.29) is 24.3 Å². The fraction of sp³-hybridized carbons (Fsp3) is 0.435. The number of amides is 2. The number of benzene rings is 1. The van der Waals surface area contributed by atoms with Gasteiger partial charge >= 0.3 is 0 Å². The Morgan fingerprint density at radius 3 is 2.47 bits per heavy atom. The first-order valence-corrected chi connectivity index (χ1v) is 11.2. The summed E-state index contributed by atoms with van der Waals surface area (Å²) in [5.74, 6) is 1.50. The van der Waals surface area contributed by atoms with Crippen LogP contribution in [0.3, 0.4) is 0 Å². The van der Waals surface area contributed by atoms with Gasteiger partial charge in [0.05, 0.1) is 12.5 Å². The molecule has 0 spiro atoms. The van der Waals surface area contributed by atoms with Crippen LogP contribution in [-0.4, -0.2) is 29.9 Å². The van der Waals surface area contributed by atoms with Crippen LogP contribution in [0.15, 0.2) is 47.1 Å². The average Bonchev–Trinajstić information content (AvgIpc) is 2.73. The number of nitrogens with zero attached hydrogens (tertiary/aromatic N) is 2. The maximum Gasteiger partial charge on any atom is 0.222 e. The molecule has 2 N–H and O–H groups in total. The smallest absolute Gasteiger partial charge is 0.222 e. The van der Waals surface area contributed by atoms with Crippen molar-refractivity contribution in [2.45, 2.75) is 45.7 Å². The Morgan fingerprint density at radius 2 is 1.87 bits per heavy atom. The summed E-state index contributed by atoms with van der Waals surface area (Å²) < 4.78 is 0.951. The van der Waals surface area contributed by atoms with Crippen LogP contribution < -0.4 is 15.5 Å². The molecule has 30 heavy (non-hydrogen) atoms. The third kappa shape index (κ3) is 6.55. The lowest BCUT2D eigenvalue weighted by molar-refractivity contribution is -0.122. The molecule has 1 aliphatic heterocycles. The molecule has 3 rings (SSSR count). The lowest BCUT2D eigenvalue weighted by atomic mass is 9.99. The highest BCUT2D eigenvalue weighted by atomic mass is 79.9. The van der Waals surface area contributed by atoms with Gasteiger partial charge in [-0.25, -0.2) is 4.98 Å². The fourth-order valence-electron chi connectivity index (χ4n) is 3.60. The largest absolute Gasteiger partial charge is 0.357 e. The summed E-state index contributed by atoms with van der Waals surface area (Å²) in [6.45, 7) is 6.26. The van der Waals surface area contributed by atoms with Gasteiger partial charge in [-0.15, -0.1) is 0 Å². The van der Waals surface area contributed by atoms with Crippen LogP contribution in [0.1, 0.15) is 50.3 Å². The van der Waals surface area contributed by atoms with Crippen LogP contribution in [0.5, 0.6) is 0 Å². The molecule has 1 aromatic carbocycles. The van der Waals surface area contributed by atoms with Crippen LogP contribution in [0.4, 0.5) is 5.82 Å². The highest BCUT2D eigenvalue weighted by Crippen LogP contribution is 2.22. The van der Waals surface area contributed by atoms with Gasteiger partial charge in [0.25, 0.3) is 0 Å². The Bertz CT molecular complexity index is 847. The third-order valence-electron chi connectivity index (χ3n) is 5.45. The molecule has 1 aromatic heterocycles. The Labute approximate surface area is 186 Å². The van der Waals surface area contributed by atoms with E-state index in [1.54, 1.807) is 0 Å². The van der Waals surface area contributed by atoms with Gasteiger partial charge in [0.2, 0.25) is 11.8 Å². The SMILES string of the molecule is CC(=O)NC(CC(=O)NCc1ccc(N2CCC(C)CC2)nc1)c1ccc(Br)cc1. The molecule has 0 aliphatic carbocycles. The van der Waals surface area contributed by atoms with Crippen molar-refractivity contribution < 1.29 is 9.59 Å². The molecule has 2 heterocycles. The molecule has 1 aliphatic rings. The van der Waals surface area contributed by atoms with Crippen LogP contribution in [0.2, 0.25) is 0 Å². The molecule has 1 atom stereocenters. The van der Waals surface area contributed by atoms with Gasteiger partial charge in [0.15, 0.2) is 0 Å². The zero-order valence-electron chi connectivity index (χ0n) is 17.5. The van der Waals surface area contributed by atoms with Gasteiger partial charge < -0.3 is 15.5 Å². The number of aromatic nitrogens is 1. The van der Waals surface area contributed by atoms with E-state index >= 15 is 0 Å². The molecule has 2 amide bonds. The Morgan fingerprint density at radius 1 is 1.17 bits per heavy atom. The van der Waals surface area contributed by atoms with Crippen molar-refractivity contribution in [3.8, 4) is 0 Å². The lowest BCUT2D eigenvalue weighted by Gasteiger charge is -2.31. The van der Waals surface area contributed by atoms with Crippen LogP contribution in [-0.2, 0) is 16.1 Å². The van der Waals surface area contributed by atoms with E-state index in [4.69, 9.17) is 0 Å². The fourth-order valence-corrected chi connectivity index (χ4v) is 3.86. The number of carbonyl (C=O) groups is 2. The second-order valence-electron chi connectivity index (χ2n) is 7.98. The van der Waals surface area contributed by atoms with Crippen molar-refractivity contribution in [3.05, 3.63) is 58.2 Å². The van der Waals surface area contributed by atoms with Crippen molar-refractivity contribution in [3.63, 3.8) is 0 Å². The molecular formula is C23H29BrN4O2. The first kappa shape index (κ1) is 22.3. The van der Waals surface area contributed by atoms with Crippen molar-refractivity contribution in [2.24, 2.45) is 5.92 Å². The van der Waals surface area contributed by atoms with Gasteiger partial charge in [-0.05, 0) is 48.1 Å². The van der Waals surface area contributed by atoms with E-state index in [0.29, 0.717) is 6.54 Å². The van der Waals surface area contributed by atoms with Crippen molar-refractivity contribution >= 4 is 33.6 Å². The summed E-state index contributed by atoms with van der Waals surface area (Å²) in [5.41, 5.74) is 1.85. The van der Waals surface area contributed by atoms with Crippen molar-refractivity contribution in [1.82, 2.24) is 15.6 Å². The standard InChI is InChI=1S/C23H29BrN4O2/c1-16-9-11-28(12-10-16)22-8-3-18(14-25-22)15-26-23(30)13-21(27-17(2)29)19-4-6-20(24)7-5-19/h3-8,14,16,21H,9-13,15H2,1-2H3,(H,26,30)(H,27,29). The highest BCUT2D eigenvalue weighted by molar-refractivity contribution is 9.10. The molecule has 1 saturated heterocycles. The minimum absolute atomic E-state index is 0.120. The van der Waals surface area contributed by atoms with E-state index in [2.05, 4.69) is 43.4 Å². The molecule has 0 radical (unpaired) electrons. The summed E-state index contributed by atoms with van der Waals surface area (Å²) in [6, 6.07) is 11.3. The number of hydrogen-bond acceptors (Lipinski definition) is 4. The normalized spacial score (nSPS) is 15.5. The number of halogens is 1. The molecule has 6 nitrogen and oxygen atoms in total. The summed E-state index contributed by atoms with van der Waals surface area (Å²) in [5, 5.41) is 5.79. The highest BCUT2D eigenvalue weighted by Gasteiger charge is 2.18. The van der Waals surface area contributed by atoms with E-state index in [9.17, 15) is 9.59 Å². The minimum atomic E-state index is -0.363. The van der Waals surface area contributed by atoms with Gasteiger partial charge in [-0.3, -0.25) is 9.59 Å². The number of carbonyl (C=O) groups excluding carboxylic acids is 2. The van der Waals surface area contributed by atoms with Gasteiger partial charge in [0, 0.05) is 37.2 Å². The van der Waals surface area contributed by atoms with Crippen LogP contribution in [0.25, 0.3) is 0 Å². The zero-order valence-corrected chi connectivity index (χ0v) is 19.1. The van der Waals surface area contributed by atoms with E-state index < -0.39 is 0 Å². The minimum Gasteiger partial charge on any atom is -0.357 e. The molecular weight excluding hydrogens is 444 g/mol. The average molecular weight is 473 g/mol. The molecule has 2 aromatic rings. The zero-order chi connectivity index (χ0) is 21.5. The summed E-state index contributed by atoms with van der Waals surface area (Å²) >= 11 is 3.40. The first-order valence-electron chi connectivity index (χ1n) is 10.4. The second kappa shape index (κ2) is 10.6. The third-order valence-corrected chi connectivity index (χ3v) is 5.97. The van der Waals surface area contributed by atoms with Gasteiger partial charge in [-0.1, -0.05) is 41.1 Å². The molecule has 1 unspecified atom stereocenters. The van der Waals surface area contributed by atoms with Crippen molar-refractivity contribution in [2.75, 3.05) is 18.0 Å². The Balaban J connectivity index is 1.53. The van der Waals surface area contributed by atoms with Crippen molar-refractivity contribution in [1.29, 1.82) is 0 Å². The summed E-state index contributed by atoms with van der Waals surface area (Å²) in [7, 11) is 0. The molecule has 1 fully saturated rings. The maximum absolute atomic E-state index is 12.5. The quantitative estimate of drug-likeness (QED) is 0.639. The number of anilines is 1. The summed E-state index contributed by atoms with van der Waals surface area (Å²) in [4.78, 5) is 31.0. The topological polar surface area (TPSA) is 74.3 Å². The number of nitrogens with one attached hydrogen (secondary N) is 2. The Hall–Kier alpha value is -2.41. The van der Waals surface area contributed by atoms with Crippen LogP contribution in [0, 0.1) is 5.92 Å². The molecule has 160 valence electrons. The Kier molecular flexibility index (Phi) is 7.85. The van der Waals surface area contributed by atoms with E-state index in [1.165, 1.54) is 19.8 Å². The maximum atomic E-state index is 12.5. The number of piperidine rings is 1. The van der Waals surface area contributed by atoms with E-state index in [1.807, 2.05) is 42.6 Å². The molecule has 7 heteroatoms. The summed E-state index contributed by atoms with van der Waals surface area (Å²) in [6.07, 6.45) is 4.41. The number of rotatable bonds is 7. The monoisotopic (exact) mass is 472 g/mol. The van der Waals surface area contributed by atoms with Gasteiger partial charge in [0.1, 0.15) is 5.82 Å². The lowest BCUT2D eigenvalue weighted by Crippen LogP contribution is -2.33. The first-order chi connectivity index (χ1) is 14.4.